The third-order valence-electron chi connectivity index (χ3n) is 1.93. The summed E-state index contributed by atoms with van der Waals surface area (Å²) in [5.74, 6) is -1.79. The molecule has 0 saturated heterocycles. The van der Waals surface area contributed by atoms with Crippen LogP contribution in [0.5, 0.6) is 0 Å². The van der Waals surface area contributed by atoms with E-state index >= 15 is 0 Å². The first-order valence-corrected chi connectivity index (χ1v) is 4.68. The van der Waals surface area contributed by atoms with E-state index in [-0.39, 0.29) is 6.54 Å². The van der Waals surface area contributed by atoms with Gasteiger partial charge in [0, 0.05) is 12.4 Å². The molecule has 2 atom stereocenters. The van der Waals surface area contributed by atoms with Crippen molar-refractivity contribution in [2.45, 2.75) is 25.6 Å². The molecule has 1 amide bonds. The van der Waals surface area contributed by atoms with E-state index in [0.29, 0.717) is 0 Å². The third-order valence-corrected chi connectivity index (χ3v) is 1.93. The number of aliphatic hydroxyl groups excluding tert-OH is 1. The Bertz CT molecular complexity index is 361. The van der Waals surface area contributed by atoms with Gasteiger partial charge in [0.15, 0.2) is 6.04 Å². The quantitative estimate of drug-likeness (QED) is 0.588. The normalized spacial score (nSPS) is 14.1. The number of nitrogens with zero attached hydrogens (tertiary/aromatic N) is 2. The molecule has 0 bridgehead atoms. The van der Waals surface area contributed by atoms with Gasteiger partial charge in [-0.15, -0.1) is 0 Å². The Hall–Kier alpha value is -1.89. The van der Waals surface area contributed by atoms with Gasteiger partial charge in [0.2, 0.25) is 5.91 Å². The zero-order valence-electron chi connectivity index (χ0n) is 8.70. The second-order valence-corrected chi connectivity index (χ2v) is 3.33. The first-order valence-electron chi connectivity index (χ1n) is 4.68. The van der Waals surface area contributed by atoms with E-state index in [1.54, 1.807) is 12.3 Å². The molecule has 0 fully saturated rings. The lowest BCUT2D eigenvalue weighted by Crippen LogP contribution is -2.48. The van der Waals surface area contributed by atoms with Crippen LogP contribution in [0.1, 0.15) is 6.92 Å². The number of amides is 1. The molecule has 0 aromatic carbocycles. The maximum atomic E-state index is 11.4. The van der Waals surface area contributed by atoms with Crippen LogP contribution in [0.2, 0.25) is 0 Å². The lowest BCUT2D eigenvalue weighted by Gasteiger charge is -2.16. The van der Waals surface area contributed by atoms with Crippen LogP contribution in [0.25, 0.3) is 0 Å². The summed E-state index contributed by atoms with van der Waals surface area (Å²) in [7, 11) is 0. The van der Waals surface area contributed by atoms with E-state index in [9.17, 15) is 9.59 Å². The molecule has 0 saturated carbocycles. The van der Waals surface area contributed by atoms with Crippen LogP contribution in [0.3, 0.4) is 0 Å². The van der Waals surface area contributed by atoms with Gasteiger partial charge >= 0.3 is 5.97 Å². The molecule has 7 heteroatoms. The van der Waals surface area contributed by atoms with Gasteiger partial charge in [-0.3, -0.25) is 9.48 Å². The van der Waals surface area contributed by atoms with Crippen LogP contribution >= 0.6 is 0 Å². The van der Waals surface area contributed by atoms with Crippen molar-refractivity contribution in [1.29, 1.82) is 0 Å². The maximum Gasteiger partial charge on any atom is 0.328 e. The summed E-state index contributed by atoms with van der Waals surface area (Å²) in [4.78, 5) is 22.1. The van der Waals surface area contributed by atoms with Crippen LogP contribution in [-0.2, 0) is 16.1 Å². The van der Waals surface area contributed by atoms with E-state index in [1.165, 1.54) is 17.8 Å². The van der Waals surface area contributed by atoms with Gasteiger partial charge < -0.3 is 15.5 Å². The Morgan fingerprint density at radius 1 is 1.56 bits per heavy atom. The summed E-state index contributed by atoms with van der Waals surface area (Å²) in [6, 6.07) is 0.347. The number of carbonyl (C=O) groups excluding carboxylic acids is 1. The van der Waals surface area contributed by atoms with Crippen molar-refractivity contribution in [3.05, 3.63) is 18.5 Å². The van der Waals surface area contributed by atoms with E-state index in [0.717, 1.165) is 0 Å². The van der Waals surface area contributed by atoms with Crippen LogP contribution in [-0.4, -0.2) is 44.0 Å². The fourth-order valence-corrected chi connectivity index (χ4v) is 1.15. The van der Waals surface area contributed by atoms with Crippen molar-refractivity contribution >= 4 is 11.9 Å². The van der Waals surface area contributed by atoms with Crippen molar-refractivity contribution < 1.29 is 19.8 Å². The molecule has 0 radical (unpaired) electrons. The molecule has 1 aromatic rings. The van der Waals surface area contributed by atoms with Gasteiger partial charge in [-0.25, -0.2) is 4.79 Å². The Kier molecular flexibility index (Phi) is 4.01. The highest BCUT2D eigenvalue weighted by Crippen LogP contribution is 1.94. The molecule has 0 aliphatic carbocycles. The Morgan fingerprint density at radius 2 is 2.25 bits per heavy atom. The SMILES string of the molecule is CC(O)C(NC(=O)Cn1cccn1)C(=O)O. The second kappa shape index (κ2) is 5.26. The van der Waals surface area contributed by atoms with Gasteiger partial charge in [-0.1, -0.05) is 0 Å². The summed E-state index contributed by atoms with van der Waals surface area (Å²) >= 11 is 0. The van der Waals surface area contributed by atoms with E-state index in [4.69, 9.17) is 10.2 Å². The average Bonchev–Trinajstić information content (AvgIpc) is 2.65. The number of hydrogen-bond acceptors (Lipinski definition) is 4. The number of carboxylic acids is 1. The van der Waals surface area contributed by atoms with Gasteiger partial charge in [0.1, 0.15) is 6.54 Å². The third kappa shape index (κ3) is 3.35. The number of carboxylic acid groups (broad SMARTS) is 1. The van der Waals surface area contributed by atoms with E-state index in [1.807, 2.05) is 0 Å². The van der Waals surface area contributed by atoms with Gasteiger partial charge in [0.05, 0.1) is 6.10 Å². The summed E-state index contributed by atoms with van der Waals surface area (Å²) in [6.45, 7) is 1.22. The summed E-state index contributed by atoms with van der Waals surface area (Å²) in [5.41, 5.74) is 0. The fourth-order valence-electron chi connectivity index (χ4n) is 1.15. The van der Waals surface area contributed by atoms with Crippen molar-refractivity contribution in [2.24, 2.45) is 0 Å². The van der Waals surface area contributed by atoms with E-state index in [2.05, 4.69) is 10.4 Å². The predicted octanol–water partition coefficient (Wildman–Crippen LogP) is -1.17. The zero-order valence-corrected chi connectivity index (χ0v) is 8.70. The minimum atomic E-state index is -1.30. The highest BCUT2D eigenvalue weighted by atomic mass is 16.4. The number of carbonyl (C=O) groups is 2. The van der Waals surface area contributed by atoms with Gasteiger partial charge in [-0.05, 0) is 13.0 Å². The predicted molar refractivity (Wildman–Crippen MR) is 53.5 cm³/mol. The molecule has 1 rings (SSSR count). The lowest BCUT2D eigenvalue weighted by molar-refractivity contribution is -0.144. The molecule has 0 aliphatic heterocycles. The molecule has 1 aromatic heterocycles. The average molecular weight is 227 g/mol. The summed E-state index contributed by atoms with van der Waals surface area (Å²) in [5, 5.41) is 23.9. The van der Waals surface area contributed by atoms with Crippen LogP contribution < -0.4 is 5.32 Å². The molecule has 16 heavy (non-hydrogen) atoms. The molecule has 0 spiro atoms. The number of aromatic nitrogens is 2. The van der Waals surface area contributed by atoms with Gasteiger partial charge in [0.25, 0.3) is 0 Å². The largest absolute Gasteiger partial charge is 0.480 e. The Labute approximate surface area is 91.7 Å². The highest BCUT2D eigenvalue weighted by molar-refractivity contribution is 5.83. The number of nitrogens with one attached hydrogen (secondary N) is 1. The van der Waals surface area contributed by atoms with Crippen molar-refractivity contribution in [1.82, 2.24) is 15.1 Å². The van der Waals surface area contributed by atoms with Crippen molar-refractivity contribution in [2.75, 3.05) is 0 Å². The van der Waals surface area contributed by atoms with Crippen molar-refractivity contribution in [3.8, 4) is 0 Å². The topological polar surface area (TPSA) is 104 Å². The van der Waals surface area contributed by atoms with Gasteiger partial charge in [-0.2, -0.15) is 5.10 Å². The zero-order chi connectivity index (χ0) is 12.1. The molecule has 88 valence electrons. The second-order valence-electron chi connectivity index (χ2n) is 3.33. The molecule has 0 aliphatic rings. The number of aliphatic carboxylic acids is 1. The smallest absolute Gasteiger partial charge is 0.328 e. The fraction of sp³-hybridized carbons (Fsp3) is 0.444. The molecular formula is C9H13N3O4. The lowest BCUT2D eigenvalue weighted by atomic mass is 10.2. The van der Waals surface area contributed by atoms with Crippen LogP contribution in [0, 0.1) is 0 Å². The minimum Gasteiger partial charge on any atom is -0.480 e. The minimum absolute atomic E-state index is 0.0799. The molecular weight excluding hydrogens is 214 g/mol. The molecule has 3 N–H and O–H groups in total. The molecule has 2 unspecified atom stereocenters. The first-order chi connectivity index (χ1) is 7.50. The standard InChI is InChI=1S/C9H13N3O4/c1-6(13)8(9(15)16)11-7(14)5-12-4-2-3-10-12/h2-4,6,8,13H,5H2,1H3,(H,11,14)(H,15,16). The first kappa shape index (κ1) is 12.2. The van der Waals surface area contributed by atoms with Crippen LogP contribution in [0.15, 0.2) is 18.5 Å². The monoisotopic (exact) mass is 227 g/mol. The Morgan fingerprint density at radius 3 is 2.69 bits per heavy atom. The highest BCUT2D eigenvalue weighted by Gasteiger charge is 2.24. The Balaban J connectivity index is 2.52. The van der Waals surface area contributed by atoms with Crippen molar-refractivity contribution in [3.63, 3.8) is 0 Å². The number of rotatable bonds is 5. The summed E-state index contributed by atoms with van der Waals surface area (Å²) < 4.78 is 1.36. The van der Waals surface area contributed by atoms with Crippen LogP contribution in [0.4, 0.5) is 0 Å². The number of hydrogen-bond donors (Lipinski definition) is 3. The molecule has 1 heterocycles. The summed E-state index contributed by atoms with van der Waals surface area (Å²) in [6.07, 6.45) is 1.94. The number of aliphatic hydroxyl groups is 1. The van der Waals surface area contributed by atoms with E-state index < -0.39 is 24.0 Å². The maximum absolute atomic E-state index is 11.4. The molecule has 7 nitrogen and oxygen atoms in total.